The van der Waals surface area contributed by atoms with Crippen molar-refractivity contribution in [3.8, 4) is 11.8 Å². The van der Waals surface area contributed by atoms with Crippen molar-refractivity contribution in [2.75, 3.05) is 19.0 Å². The molecule has 0 rings (SSSR count). The predicted octanol–water partition coefficient (Wildman–Crippen LogP) is -0.652. The summed E-state index contributed by atoms with van der Waals surface area (Å²) in [6.07, 6.45) is -1.50. The highest BCUT2D eigenvalue weighted by molar-refractivity contribution is 7.86. The Bertz CT molecular complexity index is 367. The fourth-order valence-electron chi connectivity index (χ4n) is 0.825. The van der Waals surface area contributed by atoms with Gasteiger partial charge in [-0.25, -0.2) is 0 Å². The zero-order valence-corrected chi connectivity index (χ0v) is 10.9. The Morgan fingerprint density at radius 1 is 1.39 bits per heavy atom. The van der Waals surface area contributed by atoms with Crippen molar-refractivity contribution in [1.82, 2.24) is 0 Å². The summed E-state index contributed by atoms with van der Waals surface area (Å²) in [5.41, 5.74) is 0. The highest BCUT2D eigenvalue weighted by atomic mass is 32.2. The first-order valence-electron chi connectivity index (χ1n) is 5.38. The maximum absolute atomic E-state index is 10.4. The standard InChI is InChI=1S/C10H18O7S/c1-2-9(12)17-10(16-7-4-6-11)5-3-8-18(13,14)15/h9-12H,2,4,6-8H2,1H3,(H,13,14,15). The van der Waals surface area contributed by atoms with E-state index < -0.39 is 28.5 Å². The lowest BCUT2D eigenvalue weighted by molar-refractivity contribution is -0.204. The first kappa shape index (κ1) is 17.3. The van der Waals surface area contributed by atoms with E-state index in [1.807, 2.05) is 0 Å². The molecule has 0 amide bonds. The third-order valence-electron chi connectivity index (χ3n) is 1.68. The minimum absolute atomic E-state index is 0.0680. The van der Waals surface area contributed by atoms with Gasteiger partial charge in [0.05, 0.1) is 6.61 Å². The van der Waals surface area contributed by atoms with Gasteiger partial charge in [0.15, 0.2) is 6.29 Å². The molecular formula is C10H18O7S. The van der Waals surface area contributed by atoms with Crippen LogP contribution in [0, 0.1) is 11.8 Å². The van der Waals surface area contributed by atoms with E-state index in [0.29, 0.717) is 12.8 Å². The molecule has 0 aliphatic carbocycles. The van der Waals surface area contributed by atoms with Crippen LogP contribution in [0.3, 0.4) is 0 Å². The van der Waals surface area contributed by atoms with E-state index in [-0.39, 0.29) is 13.2 Å². The summed E-state index contributed by atoms with van der Waals surface area (Å²) in [7, 11) is -4.17. The van der Waals surface area contributed by atoms with Crippen LogP contribution in [0.4, 0.5) is 0 Å². The molecule has 0 heterocycles. The Hall–Kier alpha value is -0.690. The molecule has 2 unspecified atom stereocenters. The molecule has 7 nitrogen and oxygen atoms in total. The largest absolute Gasteiger partial charge is 0.396 e. The van der Waals surface area contributed by atoms with E-state index in [1.165, 1.54) is 0 Å². The minimum Gasteiger partial charge on any atom is -0.396 e. The van der Waals surface area contributed by atoms with Crippen LogP contribution in [0.25, 0.3) is 0 Å². The summed E-state index contributed by atoms with van der Waals surface area (Å²) in [5.74, 6) is 3.76. The molecule has 8 heteroatoms. The van der Waals surface area contributed by atoms with E-state index in [2.05, 4.69) is 11.8 Å². The second-order valence-electron chi connectivity index (χ2n) is 3.33. The number of aliphatic hydroxyl groups is 2. The predicted molar refractivity (Wildman–Crippen MR) is 63.0 cm³/mol. The van der Waals surface area contributed by atoms with Crippen molar-refractivity contribution in [2.45, 2.75) is 32.3 Å². The van der Waals surface area contributed by atoms with E-state index in [0.717, 1.165) is 0 Å². The van der Waals surface area contributed by atoms with Crippen molar-refractivity contribution in [3.63, 3.8) is 0 Å². The number of hydrogen-bond donors (Lipinski definition) is 3. The molecule has 0 aromatic carbocycles. The highest BCUT2D eigenvalue weighted by Crippen LogP contribution is 2.02. The molecule has 0 bridgehead atoms. The number of rotatable bonds is 8. The van der Waals surface area contributed by atoms with Crippen molar-refractivity contribution < 1.29 is 32.7 Å². The van der Waals surface area contributed by atoms with E-state index in [1.54, 1.807) is 6.92 Å². The zero-order chi connectivity index (χ0) is 14.0. The van der Waals surface area contributed by atoms with Gasteiger partial charge < -0.3 is 19.7 Å². The second kappa shape index (κ2) is 9.27. The smallest absolute Gasteiger partial charge is 0.276 e. The maximum Gasteiger partial charge on any atom is 0.276 e. The van der Waals surface area contributed by atoms with Crippen LogP contribution in [-0.2, 0) is 19.6 Å². The monoisotopic (exact) mass is 282 g/mol. The first-order valence-corrected chi connectivity index (χ1v) is 6.99. The van der Waals surface area contributed by atoms with Crippen LogP contribution in [0.5, 0.6) is 0 Å². The molecule has 2 atom stereocenters. The summed E-state index contributed by atoms with van der Waals surface area (Å²) in [6.45, 7) is 1.76. The van der Waals surface area contributed by atoms with Crippen LogP contribution in [-0.4, -0.2) is 54.7 Å². The Morgan fingerprint density at radius 2 is 2.06 bits per heavy atom. The topological polar surface area (TPSA) is 113 Å². The normalized spacial score (nSPS) is 14.7. The van der Waals surface area contributed by atoms with Crippen molar-refractivity contribution in [2.24, 2.45) is 0 Å². The molecule has 0 saturated heterocycles. The molecule has 0 radical (unpaired) electrons. The fourth-order valence-corrected chi connectivity index (χ4v) is 1.09. The van der Waals surface area contributed by atoms with Crippen LogP contribution in [0.2, 0.25) is 0 Å². The molecule has 0 aliphatic heterocycles. The summed E-state index contributed by atoms with van der Waals surface area (Å²) in [6, 6.07) is 0. The third-order valence-corrected chi connectivity index (χ3v) is 2.19. The zero-order valence-electron chi connectivity index (χ0n) is 10.1. The fraction of sp³-hybridized carbons (Fsp3) is 0.800. The van der Waals surface area contributed by atoms with E-state index >= 15 is 0 Å². The van der Waals surface area contributed by atoms with Gasteiger partial charge in [0.25, 0.3) is 10.1 Å². The molecule has 0 aliphatic rings. The van der Waals surface area contributed by atoms with Crippen LogP contribution in [0.1, 0.15) is 19.8 Å². The Balaban J connectivity index is 4.35. The number of ether oxygens (including phenoxy) is 2. The molecule has 0 aromatic rings. The van der Waals surface area contributed by atoms with Crippen molar-refractivity contribution >= 4 is 10.1 Å². The van der Waals surface area contributed by atoms with Crippen LogP contribution < -0.4 is 0 Å². The average Bonchev–Trinajstić information content (AvgIpc) is 2.27. The SMILES string of the molecule is CCC(O)OC(C#CCS(=O)(=O)O)OCCCO. The van der Waals surface area contributed by atoms with Crippen molar-refractivity contribution in [1.29, 1.82) is 0 Å². The van der Waals surface area contributed by atoms with Gasteiger partial charge in [-0.05, 0) is 18.8 Å². The van der Waals surface area contributed by atoms with E-state index in [4.69, 9.17) is 19.1 Å². The molecule has 0 spiro atoms. The van der Waals surface area contributed by atoms with Gasteiger partial charge in [0.1, 0.15) is 5.75 Å². The van der Waals surface area contributed by atoms with Gasteiger partial charge in [0, 0.05) is 6.61 Å². The minimum atomic E-state index is -4.17. The van der Waals surface area contributed by atoms with Crippen LogP contribution >= 0.6 is 0 Å². The molecule has 106 valence electrons. The van der Waals surface area contributed by atoms with Gasteiger partial charge >= 0.3 is 0 Å². The third kappa shape index (κ3) is 10.5. The molecular weight excluding hydrogens is 264 g/mol. The molecule has 18 heavy (non-hydrogen) atoms. The molecule has 0 aromatic heterocycles. The quantitative estimate of drug-likeness (QED) is 0.234. The van der Waals surface area contributed by atoms with Gasteiger partial charge in [0.2, 0.25) is 6.29 Å². The van der Waals surface area contributed by atoms with E-state index in [9.17, 15) is 13.5 Å². The Kier molecular flexibility index (Phi) is 8.91. The summed E-state index contributed by atoms with van der Waals surface area (Å²) < 4.78 is 39.4. The maximum atomic E-state index is 10.4. The van der Waals surface area contributed by atoms with Crippen LogP contribution in [0.15, 0.2) is 0 Å². The van der Waals surface area contributed by atoms with Gasteiger partial charge in [-0.2, -0.15) is 8.42 Å². The van der Waals surface area contributed by atoms with Crippen molar-refractivity contribution in [3.05, 3.63) is 0 Å². The van der Waals surface area contributed by atoms with Gasteiger partial charge in [-0.1, -0.05) is 12.8 Å². The van der Waals surface area contributed by atoms with Gasteiger partial charge in [-0.15, -0.1) is 0 Å². The Labute approximate surface area is 106 Å². The second-order valence-corrected chi connectivity index (χ2v) is 4.78. The summed E-state index contributed by atoms with van der Waals surface area (Å²) in [4.78, 5) is 0. The molecule has 0 saturated carbocycles. The highest BCUT2D eigenvalue weighted by Gasteiger charge is 2.11. The Morgan fingerprint density at radius 3 is 2.56 bits per heavy atom. The molecule has 0 fully saturated rings. The summed E-state index contributed by atoms with van der Waals surface area (Å²) in [5, 5.41) is 17.8. The average molecular weight is 282 g/mol. The van der Waals surface area contributed by atoms with Gasteiger partial charge in [-0.3, -0.25) is 4.55 Å². The number of aliphatic hydroxyl groups excluding tert-OH is 2. The summed E-state index contributed by atoms with van der Waals surface area (Å²) >= 11 is 0. The first-order chi connectivity index (χ1) is 8.39. The lowest BCUT2D eigenvalue weighted by Gasteiger charge is -2.16. The number of hydrogen-bond acceptors (Lipinski definition) is 6. The lowest BCUT2D eigenvalue weighted by Crippen LogP contribution is -2.23. The lowest BCUT2D eigenvalue weighted by atomic mass is 10.4. The molecule has 3 N–H and O–H groups in total.